The first-order valence-corrected chi connectivity index (χ1v) is 13.9. The Hall–Kier alpha value is -2.76. The van der Waals surface area contributed by atoms with Gasteiger partial charge in [0.05, 0.1) is 30.0 Å². The predicted molar refractivity (Wildman–Crippen MR) is 153 cm³/mol. The third-order valence-corrected chi connectivity index (χ3v) is 8.72. The minimum Gasteiger partial charge on any atom is -0.336 e. The molecular weight excluding hydrogens is 454 g/mol. The number of aryl methyl sites for hydroxylation is 2. The Balaban J connectivity index is 1.72. The van der Waals surface area contributed by atoms with Crippen LogP contribution >= 0.6 is 0 Å². The van der Waals surface area contributed by atoms with Crippen molar-refractivity contribution in [3.8, 4) is 0 Å². The third-order valence-electron chi connectivity index (χ3n) is 8.72. The Bertz CT molecular complexity index is 1280. The maximum Gasteiger partial charge on any atom is 0.0946 e. The summed E-state index contributed by atoms with van der Waals surface area (Å²) in [7, 11) is 2.09. The Morgan fingerprint density at radius 1 is 1.08 bits per heavy atom. The normalized spacial score (nSPS) is 21.5. The van der Waals surface area contributed by atoms with Gasteiger partial charge in [-0.3, -0.25) is 4.98 Å². The zero-order valence-electron chi connectivity index (χ0n) is 23.6. The highest BCUT2D eigenvalue weighted by atomic mass is 15.1. The van der Waals surface area contributed by atoms with E-state index >= 15 is 0 Å². The SMILES string of the molecule is Cc1ccc2c(c1)C([C@@H](NC(C)C)c1cncn1C)=Cc1cccnc1[C@]2(C)C1CCN(C(C)C)CC1. The Morgan fingerprint density at radius 2 is 1.84 bits per heavy atom. The molecule has 0 radical (unpaired) electrons. The lowest BCUT2D eigenvalue weighted by Crippen LogP contribution is -2.45. The molecular formula is C32H43N5. The van der Waals surface area contributed by atoms with Crippen molar-refractivity contribution in [3.63, 3.8) is 0 Å². The third kappa shape index (κ3) is 4.68. The molecule has 1 aliphatic carbocycles. The van der Waals surface area contributed by atoms with Crippen LogP contribution in [0.25, 0.3) is 11.6 Å². The summed E-state index contributed by atoms with van der Waals surface area (Å²) in [4.78, 5) is 12.2. The van der Waals surface area contributed by atoms with Gasteiger partial charge in [0.15, 0.2) is 0 Å². The second kappa shape index (κ2) is 10.2. The molecule has 5 heteroatoms. The molecule has 1 N–H and O–H groups in total. The van der Waals surface area contributed by atoms with E-state index in [2.05, 4.69) is 105 Å². The molecule has 0 bridgehead atoms. The van der Waals surface area contributed by atoms with E-state index in [-0.39, 0.29) is 11.5 Å². The summed E-state index contributed by atoms with van der Waals surface area (Å²) in [6.45, 7) is 16.1. The quantitative estimate of drug-likeness (QED) is 0.444. The van der Waals surface area contributed by atoms with Gasteiger partial charge in [0.1, 0.15) is 0 Å². The van der Waals surface area contributed by atoms with Crippen LogP contribution in [0.1, 0.15) is 87.1 Å². The number of benzene rings is 1. The largest absolute Gasteiger partial charge is 0.336 e. The second-order valence-corrected chi connectivity index (χ2v) is 11.9. The van der Waals surface area contributed by atoms with Crippen molar-refractivity contribution in [3.05, 3.63) is 82.7 Å². The minimum atomic E-state index is -0.171. The van der Waals surface area contributed by atoms with Crippen molar-refractivity contribution in [2.75, 3.05) is 13.1 Å². The molecule has 3 aromatic rings. The van der Waals surface area contributed by atoms with Gasteiger partial charge in [0.25, 0.3) is 0 Å². The molecule has 5 rings (SSSR count). The van der Waals surface area contributed by atoms with Crippen LogP contribution in [-0.2, 0) is 12.5 Å². The molecule has 37 heavy (non-hydrogen) atoms. The van der Waals surface area contributed by atoms with Crippen LogP contribution in [0.4, 0.5) is 0 Å². The number of rotatable bonds is 6. The number of piperidine rings is 1. The van der Waals surface area contributed by atoms with Crippen LogP contribution in [0.2, 0.25) is 0 Å². The van der Waals surface area contributed by atoms with E-state index < -0.39 is 0 Å². The van der Waals surface area contributed by atoms with Crippen LogP contribution in [-0.4, -0.2) is 44.6 Å². The molecule has 1 aromatic carbocycles. The van der Waals surface area contributed by atoms with Crippen molar-refractivity contribution in [2.24, 2.45) is 13.0 Å². The van der Waals surface area contributed by atoms with E-state index in [0.29, 0.717) is 18.0 Å². The fourth-order valence-electron chi connectivity index (χ4n) is 6.65. The highest BCUT2D eigenvalue weighted by molar-refractivity contribution is 5.89. The van der Waals surface area contributed by atoms with Crippen molar-refractivity contribution >= 4 is 11.6 Å². The number of pyridine rings is 1. The van der Waals surface area contributed by atoms with Gasteiger partial charge in [0, 0.05) is 30.7 Å². The molecule has 196 valence electrons. The molecule has 5 nitrogen and oxygen atoms in total. The van der Waals surface area contributed by atoms with E-state index in [0.717, 1.165) is 13.1 Å². The lowest BCUT2D eigenvalue weighted by atomic mass is 9.64. The molecule has 2 aromatic heterocycles. The van der Waals surface area contributed by atoms with Crippen molar-refractivity contribution < 1.29 is 0 Å². The van der Waals surface area contributed by atoms with Crippen molar-refractivity contribution in [1.29, 1.82) is 0 Å². The first kappa shape index (κ1) is 25.9. The number of fused-ring (bicyclic) bond motifs is 2. The highest BCUT2D eigenvalue weighted by Gasteiger charge is 2.45. The second-order valence-electron chi connectivity index (χ2n) is 11.9. The standard InChI is InChI=1S/C32H43N5/c1-21(2)35-30(29-19-33-20-36(29)7)27-18-24-9-8-14-34-31(24)32(6,28-11-10-23(5)17-26(27)28)25-12-15-37(16-13-25)22(3)4/h8-11,14,17-22,25,30,35H,12-13,15-16H2,1-7H3/t30-,32-/m1/s1. The summed E-state index contributed by atoms with van der Waals surface area (Å²) in [6, 6.07) is 12.4. The van der Waals surface area contributed by atoms with Crippen molar-refractivity contribution in [2.45, 2.75) is 77.9 Å². The number of likely N-dealkylation sites (tertiary alicyclic amines) is 1. The molecule has 0 saturated carbocycles. The molecule has 1 fully saturated rings. The molecule has 1 aliphatic heterocycles. The smallest absolute Gasteiger partial charge is 0.0946 e. The van der Waals surface area contributed by atoms with Crippen LogP contribution in [0.5, 0.6) is 0 Å². The van der Waals surface area contributed by atoms with Gasteiger partial charge < -0.3 is 14.8 Å². The first-order valence-electron chi connectivity index (χ1n) is 13.9. The van der Waals surface area contributed by atoms with E-state index in [9.17, 15) is 0 Å². The maximum absolute atomic E-state index is 5.12. The monoisotopic (exact) mass is 497 g/mol. The van der Waals surface area contributed by atoms with Crippen LogP contribution in [0.15, 0.2) is 49.1 Å². The summed E-state index contributed by atoms with van der Waals surface area (Å²) in [6.07, 6.45) is 10.7. The van der Waals surface area contributed by atoms with Gasteiger partial charge >= 0.3 is 0 Å². The summed E-state index contributed by atoms with van der Waals surface area (Å²) in [5, 5.41) is 3.88. The van der Waals surface area contributed by atoms with E-state index in [1.807, 2.05) is 18.7 Å². The van der Waals surface area contributed by atoms with Crippen molar-refractivity contribution in [1.82, 2.24) is 24.8 Å². The topological polar surface area (TPSA) is 46.0 Å². The number of hydrogen-bond acceptors (Lipinski definition) is 4. The van der Waals surface area contributed by atoms with E-state index in [1.165, 1.54) is 52.1 Å². The maximum atomic E-state index is 5.12. The van der Waals surface area contributed by atoms with Crippen LogP contribution < -0.4 is 5.32 Å². The average molecular weight is 498 g/mol. The fraction of sp³-hybridized carbons (Fsp3) is 0.500. The molecule has 1 saturated heterocycles. The summed E-state index contributed by atoms with van der Waals surface area (Å²) in [5.74, 6) is 0.526. The van der Waals surface area contributed by atoms with Gasteiger partial charge in [-0.15, -0.1) is 0 Å². The zero-order valence-corrected chi connectivity index (χ0v) is 23.6. The van der Waals surface area contributed by atoms with E-state index in [4.69, 9.17) is 4.98 Å². The zero-order chi connectivity index (χ0) is 26.3. The highest BCUT2D eigenvalue weighted by Crippen LogP contribution is 2.51. The minimum absolute atomic E-state index is 0.0197. The number of nitrogens with zero attached hydrogens (tertiary/aromatic N) is 4. The lowest BCUT2D eigenvalue weighted by molar-refractivity contribution is 0.121. The first-order chi connectivity index (χ1) is 17.7. The average Bonchev–Trinajstić information content (AvgIpc) is 3.27. The molecule has 2 aliphatic rings. The van der Waals surface area contributed by atoms with E-state index in [1.54, 1.807) is 0 Å². The van der Waals surface area contributed by atoms with Gasteiger partial charge in [-0.1, -0.05) is 29.8 Å². The summed E-state index contributed by atoms with van der Waals surface area (Å²) < 4.78 is 2.15. The van der Waals surface area contributed by atoms with Gasteiger partial charge in [0.2, 0.25) is 0 Å². The van der Waals surface area contributed by atoms with Crippen LogP contribution in [0, 0.1) is 12.8 Å². The summed E-state index contributed by atoms with van der Waals surface area (Å²) in [5.41, 5.74) is 8.78. The van der Waals surface area contributed by atoms with Gasteiger partial charge in [-0.2, -0.15) is 0 Å². The molecule has 0 amide bonds. The molecule has 3 heterocycles. The predicted octanol–water partition coefficient (Wildman–Crippen LogP) is 6.14. The number of aromatic nitrogens is 3. The number of nitrogens with one attached hydrogen (secondary N) is 1. The molecule has 0 spiro atoms. The summed E-state index contributed by atoms with van der Waals surface area (Å²) >= 11 is 0. The molecule has 2 atom stereocenters. The fourth-order valence-corrected chi connectivity index (χ4v) is 6.65. The number of imidazole rings is 1. The molecule has 0 unspecified atom stereocenters. The van der Waals surface area contributed by atoms with Gasteiger partial charge in [-0.25, -0.2) is 4.98 Å². The Labute approximate surface area is 223 Å². The Morgan fingerprint density at radius 3 is 2.49 bits per heavy atom. The number of hydrogen-bond donors (Lipinski definition) is 1. The van der Waals surface area contributed by atoms with Gasteiger partial charge in [-0.05, 0) is 108 Å². The van der Waals surface area contributed by atoms with Crippen LogP contribution in [0.3, 0.4) is 0 Å². The Kier molecular flexibility index (Phi) is 7.12. The lowest BCUT2D eigenvalue weighted by Gasteiger charge is -2.44.